The number of nitrogens with zero attached hydrogens (tertiary/aromatic N) is 5. The van der Waals surface area contributed by atoms with Gasteiger partial charge in [0.15, 0.2) is 0 Å². The summed E-state index contributed by atoms with van der Waals surface area (Å²) in [5.41, 5.74) is 6.84. The first kappa shape index (κ1) is 17.7. The molecular weight excluding hydrogens is 340 g/mol. The summed E-state index contributed by atoms with van der Waals surface area (Å²) in [7, 11) is 0. The quantitative estimate of drug-likeness (QED) is 0.876. The molecule has 8 heteroatoms. The van der Waals surface area contributed by atoms with Crippen LogP contribution in [0.3, 0.4) is 0 Å². The molecule has 0 bridgehead atoms. The maximum absolute atomic E-state index is 11.2. The van der Waals surface area contributed by atoms with Crippen molar-refractivity contribution in [2.45, 2.75) is 26.4 Å². The molecule has 25 heavy (non-hydrogen) atoms. The monoisotopic (exact) mass is 362 g/mol. The van der Waals surface area contributed by atoms with E-state index < -0.39 is 5.91 Å². The van der Waals surface area contributed by atoms with E-state index in [9.17, 15) is 4.79 Å². The van der Waals surface area contributed by atoms with E-state index in [2.05, 4.69) is 33.0 Å². The minimum atomic E-state index is -0.518. The number of pyridine rings is 1. The van der Waals surface area contributed by atoms with Crippen LogP contribution in [0.5, 0.6) is 0 Å². The van der Waals surface area contributed by atoms with Crippen molar-refractivity contribution in [3.63, 3.8) is 0 Å². The number of anilines is 1. The molecule has 1 fully saturated rings. The molecule has 134 valence electrons. The highest BCUT2D eigenvalue weighted by atomic mass is 35.5. The summed E-state index contributed by atoms with van der Waals surface area (Å²) in [4.78, 5) is 20.2. The van der Waals surface area contributed by atoms with Crippen molar-refractivity contribution in [1.82, 2.24) is 19.7 Å². The van der Waals surface area contributed by atoms with Gasteiger partial charge in [0, 0.05) is 57.2 Å². The molecule has 1 saturated heterocycles. The zero-order valence-corrected chi connectivity index (χ0v) is 15.1. The molecule has 3 rings (SSSR count). The van der Waals surface area contributed by atoms with Gasteiger partial charge in [-0.3, -0.25) is 14.4 Å². The molecule has 0 atom stereocenters. The summed E-state index contributed by atoms with van der Waals surface area (Å²) in [6, 6.07) is 1.59. The van der Waals surface area contributed by atoms with Crippen LogP contribution in [0.1, 0.15) is 29.3 Å². The average Bonchev–Trinajstić information content (AvgIpc) is 2.92. The molecule has 0 spiro atoms. The van der Waals surface area contributed by atoms with Crippen molar-refractivity contribution in [3.05, 3.63) is 40.8 Å². The normalized spacial score (nSPS) is 16.0. The van der Waals surface area contributed by atoms with Crippen LogP contribution in [0.25, 0.3) is 0 Å². The van der Waals surface area contributed by atoms with Gasteiger partial charge in [-0.15, -0.1) is 0 Å². The van der Waals surface area contributed by atoms with Gasteiger partial charge in [-0.2, -0.15) is 5.10 Å². The second-order valence-electron chi connectivity index (χ2n) is 6.21. The highest BCUT2D eigenvalue weighted by Gasteiger charge is 2.19. The fraction of sp³-hybridized carbons (Fsp3) is 0.471. The molecule has 1 aliphatic rings. The SMILES string of the molecule is CCn1cc(CN2CCCN(c3ncc(C(N)=O)cc3Cl)CC2)cn1. The third-order valence-corrected chi connectivity index (χ3v) is 4.69. The Labute approximate surface area is 152 Å². The number of aromatic nitrogens is 3. The number of primary amides is 1. The Morgan fingerprint density at radius 2 is 2.12 bits per heavy atom. The fourth-order valence-corrected chi connectivity index (χ4v) is 3.34. The lowest BCUT2D eigenvalue weighted by Gasteiger charge is -2.23. The lowest BCUT2D eigenvalue weighted by atomic mass is 10.2. The smallest absolute Gasteiger partial charge is 0.250 e. The minimum Gasteiger partial charge on any atom is -0.366 e. The van der Waals surface area contributed by atoms with Gasteiger partial charge in [0.05, 0.1) is 16.8 Å². The van der Waals surface area contributed by atoms with Crippen LogP contribution in [-0.2, 0) is 13.1 Å². The largest absolute Gasteiger partial charge is 0.366 e. The second kappa shape index (κ2) is 7.84. The fourth-order valence-electron chi connectivity index (χ4n) is 3.06. The lowest BCUT2D eigenvalue weighted by molar-refractivity contribution is 0.1000. The summed E-state index contributed by atoms with van der Waals surface area (Å²) in [6.45, 7) is 7.53. The van der Waals surface area contributed by atoms with Crippen LogP contribution in [0.2, 0.25) is 5.02 Å². The summed E-state index contributed by atoms with van der Waals surface area (Å²) in [5, 5.41) is 4.80. The number of amides is 1. The first-order chi connectivity index (χ1) is 12.1. The first-order valence-electron chi connectivity index (χ1n) is 8.50. The Morgan fingerprint density at radius 3 is 2.80 bits per heavy atom. The summed E-state index contributed by atoms with van der Waals surface area (Å²) >= 11 is 6.31. The predicted octanol–water partition coefficient (Wildman–Crippen LogP) is 1.76. The van der Waals surface area contributed by atoms with Gasteiger partial charge < -0.3 is 10.6 Å². The van der Waals surface area contributed by atoms with E-state index >= 15 is 0 Å². The van der Waals surface area contributed by atoms with Crippen LogP contribution in [0.4, 0.5) is 5.82 Å². The molecule has 1 aliphatic heterocycles. The van der Waals surface area contributed by atoms with E-state index in [0.717, 1.165) is 45.7 Å². The van der Waals surface area contributed by atoms with Gasteiger partial charge in [0.25, 0.3) is 0 Å². The van der Waals surface area contributed by atoms with Crippen LogP contribution in [0, 0.1) is 0 Å². The minimum absolute atomic E-state index is 0.332. The Bertz CT molecular complexity index is 746. The molecule has 0 saturated carbocycles. The van der Waals surface area contributed by atoms with Crippen LogP contribution in [0.15, 0.2) is 24.7 Å². The summed E-state index contributed by atoms with van der Waals surface area (Å²) < 4.78 is 1.95. The lowest BCUT2D eigenvalue weighted by Crippen LogP contribution is -2.31. The number of aryl methyl sites for hydroxylation is 1. The zero-order valence-electron chi connectivity index (χ0n) is 14.4. The molecule has 3 heterocycles. The Hall–Kier alpha value is -2.12. The van der Waals surface area contributed by atoms with Crippen molar-refractivity contribution >= 4 is 23.3 Å². The zero-order chi connectivity index (χ0) is 17.8. The van der Waals surface area contributed by atoms with E-state index in [0.29, 0.717) is 16.4 Å². The van der Waals surface area contributed by atoms with Gasteiger partial charge in [-0.05, 0) is 19.4 Å². The molecule has 0 unspecified atom stereocenters. The first-order valence-corrected chi connectivity index (χ1v) is 8.88. The summed E-state index contributed by atoms with van der Waals surface area (Å²) in [6.07, 6.45) is 6.56. The Morgan fingerprint density at radius 1 is 1.28 bits per heavy atom. The van der Waals surface area contributed by atoms with Gasteiger partial charge in [-0.1, -0.05) is 11.6 Å². The van der Waals surface area contributed by atoms with Crippen molar-refractivity contribution < 1.29 is 4.79 Å². The van der Waals surface area contributed by atoms with Gasteiger partial charge in [0.2, 0.25) is 5.91 Å². The molecule has 0 aliphatic carbocycles. The number of carbonyl (C=O) groups is 1. The third-order valence-electron chi connectivity index (χ3n) is 4.41. The van der Waals surface area contributed by atoms with Crippen molar-refractivity contribution in [3.8, 4) is 0 Å². The molecule has 1 amide bonds. The van der Waals surface area contributed by atoms with E-state index in [1.165, 1.54) is 11.8 Å². The maximum Gasteiger partial charge on any atom is 0.250 e. The van der Waals surface area contributed by atoms with Crippen LogP contribution < -0.4 is 10.6 Å². The highest BCUT2D eigenvalue weighted by molar-refractivity contribution is 6.33. The van der Waals surface area contributed by atoms with Crippen molar-refractivity contribution in [2.24, 2.45) is 5.73 Å². The van der Waals surface area contributed by atoms with Crippen molar-refractivity contribution in [2.75, 3.05) is 31.1 Å². The highest BCUT2D eigenvalue weighted by Crippen LogP contribution is 2.25. The van der Waals surface area contributed by atoms with Crippen LogP contribution >= 0.6 is 11.6 Å². The number of rotatable bonds is 5. The maximum atomic E-state index is 11.2. The number of hydrogen-bond acceptors (Lipinski definition) is 5. The Kier molecular flexibility index (Phi) is 5.55. The predicted molar refractivity (Wildman–Crippen MR) is 97.8 cm³/mol. The van der Waals surface area contributed by atoms with Crippen molar-refractivity contribution in [1.29, 1.82) is 0 Å². The topological polar surface area (TPSA) is 80.3 Å². The molecule has 0 aromatic carbocycles. The van der Waals surface area contributed by atoms with E-state index in [4.69, 9.17) is 17.3 Å². The second-order valence-corrected chi connectivity index (χ2v) is 6.62. The van der Waals surface area contributed by atoms with Gasteiger partial charge in [-0.25, -0.2) is 4.98 Å². The van der Waals surface area contributed by atoms with E-state index in [-0.39, 0.29) is 0 Å². The average molecular weight is 363 g/mol. The Balaban J connectivity index is 1.64. The molecule has 2 N–H and O–H groups in total. The molecule has 0 radical (unpaired) electrons. The van der Waals surface area contributed by atoms with Crippen LogP contribution in [-0.4, -0.2) is 51.8 Å². The van der Waals surface area contributed by atoms with E-state index in [1.807, 2.05) is 10.9 Å². The molecule has 7 nitrogen and oxygen atoms in total. The summed E-state index contributed by atoms with van der Waals surface area (Å²) in [5.74, 6) is 0.197. The van der Waals surface area contributed by atoms with E-state index in [1.54, 1.807) is 6.07 Å². The number of halogens is 1. The molecule has 2 aromatic rings. The third kappa shape index (κ3) is 4.29. The van der Waals surface area contributed by atoms with Gasteiger partial charge >= 0.3 is 0 Å². The standard InChI is InChI=1S/C17H23ClN6O/c1-2-24-12-13(9-21-24)11-22-4-3-5-23(7-6-22)17-15(18)8-14(10-20-17)16(19)25/h8-10,12H,2-7,11H2,1H3,(H2,19,25). The molecular formula is C17H23ClN6O. The molecule has 2 aromatic heterocycles. The number of hydrogen-bond donors (Lipinski definition) is 1. The number of carbonyl (C=O) groups excluding carboxylic acids is 1. The number of nitrogens with two attached hydrogens (primary N) is 1. The van der Waals surface area contributed by atoms with Gasteiger partial charge in [0.1, 0.15) is 5.82 Å².